The number of benzene rings is 1. The van der Waals surface area contributed by atoms with Crippen LogP contribution in [0.4, 0.5) is 0 Å². The lowest BCUT2D eigenvalue weighted by Crippen LogP contribution is -2.38. The summed E-state index contributed by atoms with van der Waals surface area (Å²) in [4.78, 5) is 4.19. The van der Waals surface area contributed by atoms with Gasteiger partial charge in [-0.2, -0.15) is 0 Å². The molecule has 1 atom stereocenters. The van der Waals surface area contributed by atoms with Crippen LogP contribution in [0, 0.1) is 0 Å². The normalized spacial score (nSPS) is 12.5. The largest absolute Gasteiger partial charge is 0.490 e. The van der Waals surface area contributed by atoms with Gasteiger partial charge in [-0.25, -0.2) is 0 Å². The van der Waals surface area contributed by atoms with E-state index in [4.69, 9.17) is 9.47 Å². The third-order valence-electron chi connectivity index (χ3n) is 3.06. The number of ether oxygens (including phenoxy) is 2. The van der Waals surface area contributed by atoms with E-state index in [1.165, 1.54) is 0 Å². The summed E-state index contributed by atoms with van der Waals surface area (Å²) in [7, 11) is 1.74. The van der Waals surface area contributed by atoms with Gasteiger partial charge in [0.15, 0.2) is 17.5 Å². The minimum absolute atomic E-state index is 0.0888. The van der Waals surface area contributed by atoms with Gasteiger partial charge >= 0.3 is 0 Å². The van der Waals surface area contributed by atoms with E-state index in [1.54, 1.807) is 13.1 Å². The number of nitrogens with one attached hydrogen (secondary N) is 2. The predicted octanol–water partition coefficient (Wildman–Crippen LogP) is 2.90. The van der Waals surface area contributed by atoms with Crippen LogP contribution in [0.2, 0.25) is 0 Å². The Bertz CT molecular complexity index is 501. The number of rotatable bonds is 8. The zero-order valence-electron chi connectivity index (χ0n) is 14.0. The van der Waals surface area contributed by atoms with Gasteiger partial charge in [0, 0.05) is 13.6 Å². The van der Waals surface area contributed by atoms with Crippen molar-refractivity contribution in [1.82, 2.24) is 10.6 Å². The second kappa shape index (κ2) is 9.71. The van der Waals surface area contributed by atoms with Crippen molar-refractivity contribution in [2.75, 3.05) is 26.8 Å². The van der Waals surface area contributed by atoms with Gasteiger partial charge in [-0.3, -0.25) is 4.99 Å². The molecule has 0 amide bonds. The van der Waals surface area contributed by atoms with E-state index in [-0.39, 0.29) is 6.04 Å². The van der Waals surface area contributed by atoms with Crippen LogP contribution in [0.5, 0.6) is 11.5 Å². The highest BCUT2D eigenvalue weighted by Gasteiger charge is 2.12. The standard InChI is InChI=1S/C17H27N3O2/c1-6-11-19-17(18-5)20-13(4)14-9-10-15(21-7-2)16(12-14)22-8-3/h6,9-10,12-13H,1,7-8,11H2,2-5H3,(H2,18,19,20). The highest BCUT2D eigenvalue weighted by Crippen LogP contribution is 2.30. The maximum Gasteiger partial charge on any atom is 0.191 e. The first-order valence-electron chi connectivity index (χ1n) is 7.63. The van der Waals surface area contributed by atoms with Gasteiger partial charge in [0.1, 0.15) is 0 Å². The minimum Gasteiger partial charge on any atom is -0.490 e. The Morgan fingerprint density at radius 1 is 1.27 bits per heavy atom. The van der Waals surface area contributed by atoms with Crippen molar-refractivity contribution in [2.24, 2.45) is 4.99 Å². The summed E-state index contributed by atoms with van der Waals surface area (Å²) in [6, 6.07) is 6.08. The van der Waals surface area contributed by atoms with Crippen molar-refractivity contribution >= 4 is 5.96 Å². The lowest BCUT2D eigenvalue weighted by molar-refractivity contribution is 0.287. The molecular weight excluding hydrogens is 278 g/mol. The molecule has 0 spiro atoms. The fourth-order valence-electron chi connectivity index (χ4n) is 1.99. The van der Waals surface area contributed by atoms with E-state index in [0.717, 1.165) is 23.0 Å². The first kappa shape index (κ1) is 17.9. The minimum atomic E-state index is 0.0888. The second-order valence-electron chi connectivity index (χ2n) is 4.68. The van der Waals surface area contributed by atoms with Gasteiger partial charge in [-0.15, -0.1) is 6.58 Å². The van der Waals surface area contributed by atoms with Gasteiger partial charge in [-0.05, 0) is 38.5 Å². The number of hydrogen-bond acceptors (Lipinski definition) is 3. The van der Waals surface area contributed by atoms with Crippen LogP contribution >= 0.6 is 0 Å². The molecule has 22 heavy (non-hydrogen) atoms. The molecule has 0 radical (unpaired) electrons. The zero-order valence-corrected chi connectivity index (χ0v) is 14.0. The molecule has 1 aromatic carbocycles. The van der Waals surface area contributed by atoms with E-state index in [1.807, 2.05) is 32.0 Å². The van der Waals surface area contributed by atoms with Gasteiger partial charge < -0.3 is 20.1 Å². The van der Waals surface area contributed by atoms with E-state index in [0.29, 0.717) is 19.8 Å². The number of nitrogens with zero attached hydrogens (tertiary/aromatic N) is 1. The van der Waals surface area contributed by atoms with Crippen LogP contribution in [-0.4, -0.2) is 32.8 Å². The molecule has 5 nitrogen and oxygen atoms in total. The molecule has 1 aromatic rings. The first-order chi connectivity index (χ1) is 10.7. The Hall–Kier alpha value is -2.17. The molecule has 0 fully saturated rings. The molecule has 2 N–H and O–H groups in total. The average Bonchev–Trinajstić information content (AvgIpc) is 2.53. The van der Waals surface area contributed by atoms with Gasteiger partial charge in [0.25, 0.3) is 0 Å². The molecule has 1 unspecified atom stereocenters. The quantitative estimate of drug-likeness (QED) is 0.440. The molecule has 1 rings (SSSR count). The molecule has 0 aliphatic heterocycles. The molecule has 122 valence electrons. The summed E-state index contributed by atoms with van der Waals surface area (Å²) < 4.78 is 11.3. The van der Waals surface area contributed by atoms with Crippen molar-refractivity contribution in [3.8, 4) is 11.5 Å². The van der Waals surface area contributed by atoms with Crippen molar-refractivity contribution in [3.63, 3.8) is 0 Å². The van der Waals surface area contributed by atoms with E-state index < -0.39 is 0 Å². The lowest BCUT2D eigenvalue weighted by Gasteiger charge is -2.19. The second-order valence-corrected chi connectivity index (χ2v) is 4.68. The highest BCUT2D eigenvalue weighted by molar-refractivity contribution is 5.80. The van der Waals surface area contributed by atoms with E-state index in [9.17, 15) is 0 Å². The molecule has 0 saturated carbocycles. The van der Waals surface area contributed by atoms with Crippen LogP contribution in [-0.2, 0) is 0 Å². The summed E-state index contributed by atoms with van der Waals surface area (Å²) in [6.07, 6.45) is 1.79. The first-order valence-corrected chi connectivity index (χ1v) is 7.63. The van der Waals surface area contributed by atoms with Gasteiger partial charge in [0.05, 0.1) is 19.3 Å². The van der Waals surface area contributed by atoms with Crippen molar-refractivity contribution < 1.29 is 9.47 Å². The van der Waals surface area contributed by atoms with E-state index >= 15 is 0 Å². The maximum atomic E-state index is 5.66. The molecular formula is C17H27N3O2. The number of guanidine groups is 1. The predicted molar refractivity (Wildman–Crippen MR) is 91.9 cm³/mol. The fourth-order valence-corrected chi connectivity index (χ4v) is 1.99. The molecule has 0 aliphatic rings. The smallest absolute Gasteiger partial charge is 0.191 e. The zero-order chi connectivity index (χ0) is 16.4. The molecule has 0 saturated heterocycles. The van der Waals surface area contributed by atoms with Crippen molar-refractivity contribution in [1.29, 1.82) is 0 Å². The summed E-state index contributed by atoms with van der Waals surface area (Å²) in [5.41, 5.74) is 1.11. The van der Waals surface area contributed by atoms with Crippen molar-refractivity contribution in [3.05, 3.63) is 36.4 Å². The summed E-state index contributed by atoms with van der Waals surface area (Å²) in [5, 5.41) is 6.49. The van der Waals surface area contributed by atoms with Crippen LogP contribution in [0.3, 0.4) is 0 Å². The van der Waals surface area contributed by atoms with Crippen molar-refractivity contribution in [2.45, 2.75) is 26.8 Å². The fraction of sp³-hybridized carbons (Fsp3) is 0.471. The summed E-state index contributed by atoms with van der Waals surface area (Å²) in [5.74, 6) is 2.28. The van der Waals surface area contributed by atoms with E-state index in [2.05, 4.69) is 29.1 Å². The van der Waals surface area contributed by atoms with Crippen LogP contribution in [0.15, 0.2) is 35.8 Å². The maximum absolute atomic E-state index is 5.66. The molecule has 0 bridgehead atoms. The Morgan fingerprint density at radius 2 is 1.95 bits per heavy atom. The van der Waals surface area contributed by atoms with Gasteiger partial charge in [0.2, 0.25) is 0 Å². The molecule has 0 heterocycles. The average molecular weight is 305 g/mol. The SMILES string of the molecule is C=CCNC(=NC)NC(C)c1ccc(OCC)c(OCC)c1. The molecule has 5 heteroatoms. The Balaban J connectivity index is 2.85. The Kier molecular flexibility index (Phi) is 7.89. The summed E-state index contributed by atoms with van der Waals surface area (Å²) >= 11 is 0. The Morgan fingerprint density at radius 3 is 2.55 bits per heavy atom. The highest BCUT2D eigenvalue weighted by atomic mass is 16.5. The summed E-state index contributed by atoms with van der Waals surface area (Å²) in [6.45, 7) is 11.6. The molecule has 0 aromatic heterocycles. The van der Waals surface area contributed by atoms with Crippen LogP contribution in [0.25, 0.3) is 0 Å². The number of hydrogen-bond donors (Lipinski definition) is 2. The monoisotopic (exact) mass is 305 g/mol. The topological polar surface area (TPSA) is 54.9 Å². The van der Waals surface area contributed by atoms with Crippen LogP contribution < -0.4 is 20.1 Å². The Labute approximate surface area is 133 Å². The third-order valence-corrected chi connectivity index (χ3v) is 3.06. The van der Waals surface area contributed by atoms with Crippen LogP contribution in [0.1, 0.15) is 32.4 Å². The van der Waals surface area contributed by atoms with Gasteiger partial charge in [-0.1, -0.05) is 12.1 Å². The lowest BCUT2D eigenvalue weighted by atomic mass is 10.1. The third kappa shape index (κ3) is 5.31. The molecule has 0 aliphatic carbocycles. The number of aliphatic imine (C=N–C) groups is 1.